The van der Waals surface area contributed by atoms with Gasteiger partial charge in [0.2, 0.25) is 0 Å². The summed E-state index contributed by atoms with van der Waals surface area (Å²) in [5, 5.41) is 3.33. The van der Waals surface area contributed by atoms with Gasteiger partial charge in [0.1, 0.15) is 6.10 Å². The fourth-order valence-electron chi connectivity index (χ4n) is 2.61. The van der Waals surface area contributed by atoms with E-state index in [2.05, 4.69) is 15.3 Å². The summed E-state index contributed by atoms with van der Waals surface area (Å²) in [4.78, 5) is 22.1. The molecule has 6 heteroatoms. The van der Waals surface area contributed by atoms with Gasteiger partial charge in [-0.05, 0) is 32.9 Å². The lowest BCUT2D eigenvalue weighted by atomic mass is 9.95. The number of nitrogens with zero attached hydrogens (tertiary/aromatic N) is 3. The lowest BCUT2D eigenvalue weighted by molar-refractivity contribution is 0.150. The van der Waals surface area contributed by atoms with Crippen molar-refractivity contribution >= 4 is 11.9 Å². The fourth-order valence-corrected chi connectivity index (χ4v) is 2.61. The highest BCUT2D eigenvalue weighted by Gasteiger charge is 2.31. The first-order chi connectivity index (χ1) is 9.24. The van der Waals surface area contributed by atoms with E-state index in [-0.39, 0.29) is 12.2 Å². The Morgan fingerprint density at radius 3 is 2.84 bits per heavy atom. The summed E-state index contributed by atoms with van der Waals surface area (Å²) in [7, 11) is 0. The Morgan fingerprint density at radius 2 is 2.16 bits per heavy atom. The molecular weight excluding hydrogens is 244 g/mol. The van der Waals surface area contributed by atoms with Crippen LogP contribution < -0.4 is 10.2 Å². The molecule has 1 aromatic heterocycles. The van der Waals surface area contributed by atoms with Crippen molar-refractivity contribution in [3.8, 4) is 0 Å². The van der Waals surface area contributed by atoms with Gasteiger partial charge in [0, 0.05) is 12.1 Å². The van der Waals surface area contributed by atoms with Crippen LogP contribution in [0.1, 0.15) is 31.4 Å². The van der Waals surface area contributed by atoms with Gasteiger partial charge < -0.3 is 10.1 Å². The number of rotatable bonds is 2. The van der Waals surface area contributed by atoms with Gasteiger partial charge in [0.05, 0.1) is 18.4 Å². The van der Waals surface area contributed by atoms with Crippen LogP contribution >= 0.6 is 0 Å². The van der Waals surface area contributed by atoms with Crippen molar-refractivity contribution in [2.45, 2.75) is 31.8 Å². The molecule has 1 N–H and O–H groups in total. The summed E-state index contributed by atoms with van der Waals surface area (Å²) in [5.41, 5.74) is 0.978. The number of carbonyl (C=O) groups excluding carboxylic acids is 1. The number of amides is 1. The number of ether oxygens (including phenoxy) is 1. The lowest BCUT2D eigenvalue weighted by Gasteiger charge is -2.22. The number of piperidine rings is 1. The van der Waals surface area contributed by atoms with Crippen LogP contribution in [-0.4, -0.2) is 41.8 Å². The minimum absolute atomic E-state index is 0.0863. The zero-order valence-corrected chi connectivity index (χ0v) is 11.0. The Labute approximate surface area is 112 Å². The average molecular weight is 262 g/mol. The average Bonchev–Trinajstić information content (AvgIpc) is 2.79. The summed E-state index contributed by atoms with van der Waals surface area (Å²) >= 11 is 0. The Kier molecular flexibility index (Phi) is 3.33. The Balaban J connectivity index is 1.81. The topological polar surface area (TPSA) is 67.4 Å². The summed E-state index contributed by atoms with van der Waals surface area (Å²) in [6.45, 7) is 4.45. The third-order valence-corrected chi connectivity index (χ3v) is 3.64. The first-order valence-electron chi connectivity index (χ1n) is 6.75. The van der Waals surface area contributed by atoms with Crippen molar-refractivity contribution in [3.63, 3.8) is 0 Å². The molecule has 1 atom stereocenters. The van der Waals surface area contributed by atoms with Crippen LogP contribution in [0, 0.1) is 0 Å². The molecule has 2 aliphatic heterocycles. The molecule has 1 aromatic rings. The number of carbonyl (C=O) groups is 1. The zero-order valence-electron chi connectivity index (χ0n) is 11.0. The smallest absolute Gasteiger partial charge is 0.415 e. The zero-order chi connectivity index (χ0) is 13.2. The maximum Gasteiger partial charge on any atom is 0.415 e. The van der Waals surface area contributed by atoms with E-state index in [1.807, 2.05) is 13.1 Å². The van der Waals surface area contributed by atoms with E-state index in [1.165, 1.54) is 0 Å². The van der Waals surface area contributed by atoms with Crippen molar-refractivity contribution in [3.05, 3.63) is 18.1 Å². The second-order valence-electron chi connectivity index (χ2n) is 5.13. The van der Waals surface area contributed by atoms with Crippen LogP contribution in [0.4, 0.5) is 10.6 Å². The van der Waals surface area contributed by atoms with Crippen molar-refractivity contribution in [1.29, 1.82) is 0 Å². The van der Waals surface area contributed by atoms with Gasteiger partial charge in [-0.1, -0.05) is 0 Å². The van der Waals surface area contributed by atoms with Gasteiger partial charge in [-0.15, -0.1) is 0 Å². The number of aromatic nitrogens is 2. The van der Waals surface area contributed by atoms with Crippen LogP contribution in [0.5, 0.6) is 0 Å². The molecule has 102 valence electrons. The quantitative estimate of drug-likeness (QED) is 0.870. The highest BCUT2D eigenvalue weighted by atomic mass is 16.6. The summed E-state index contributed by atoms with van der Waals surface area (Å²) in [6.07, 6.45) is 5.16. The van der Waals surface area contributed by atoms with E-state index < -0.39 is 0 Å². The molecule has 0 radical (unpaired) electrons. The highest BCUT2D eigenvalue weighted by molar-refractivity contribution is 5.88. The Morgan fingerprint density at radius 1 is 1.37 bits per heavy atom. The van der Waals surface area contributed by atoms with E-state index >= 15 is 0 Å². The Bertz CT molecular complexity index is 473. The van der Waals surface area contributed by atoms with Gasteiger partial charge in [0.15, 0.2) is 5.82 Å². The first-order valence-corrected chi connectivity index (χ1v) is 6.75. The monoisotopic (exact) mass is 262 g/mol. The number of hydrogen-bond acceptors (Lipinski definition) is 5. The van der Waals surface area contributed by atoms with Gasteiger partial charge in [-0.25, -0.2) is 9.78 Å². The highest BCUT2D eigenvalue weighted by Crippen LogP contribution is 2.25. The second-order valence-corrected chi connectivity index (χ2v) is 5.13. The summed E-state index contributed by atoms with van der Waals surface area (Å²) < 4.78 is 5.12. The standard InChI is InChI=1S/C13H18N4O2/c1-9-8-17(13(18)19-9)12-7-15-6-11(16-12)10-2-4-14-5-3-10/h6-7,9-10,14H,2-5,8H2,1H3/t9-/m0/s1. The third-order valence-electron chi connectivity index (χ3n) is 3.64. The van der Waals surface area contributed by atoms with Crippen LogP contribution in [0.3, 0.4) is 0 Å². The molecule has 6 nitrogen and oxygen atoms in total. The van der Waals surface area contributed by atoms with Crippen LogP contribution in [0.2, 0.25) is 0 Å². The molecule has 0 spiro atoms. The molecule has 0 aliphatic carbocycles. The molecular formula is C13H18N4O2. The van der Waals surface area contributed by atoms with Crippen LogP contribution in [0.25, 0.3) is 0 Å². The molecule has 2 fully saturated rings. The van der Waals surface area contributed by atoms with Crippen molar-refractivity contribution in [2.24, 2.45) is 0 Å². The molecule has 1 amide bonds. The molecule has 3 rings (SSSR count). The van der Waals surface area contributed by atoms with Crippen molar-refractivity contribution < 1.29 is 9.53 Å². The molecule has 0 saturated carbocycles. The van der Waals surface area contributed by atoms with Gasteiger partial charge in [0.25, 0.3) is 0 Å². The lowest BCUT2D eigenvalue weighted by Crippen LogP contribution is -2.28. The number of nitrogens with one attached hydrogen (secondary N) is 1. The minimum atomic E-state index is -0.329. The first kappa shape index (κ1) is 12.3. The molecule has 3 heterocycles. The molecule has 2 aliphatic rings. The van der Waals surface area contributed by atoms with E-state index in [0.29, 0.717) is 18.3 Å². The number of cyclic esters (lactones) is 1. The fraction of sp³-hybridized carbons (Fsp3) is 0.615. The van der Waals surface area contributed by atoms with E-state index in [0.717, 1.165) is 31.6 Å². The largest absolute Gasteiger partial charge is 0.444 e. The number of anilines is 1. The SMILES string of the molecule is C[C@H]1CN(c2cncc(C3CCNCC3)n2)C(=O)O1. The second kappa shape index (κ2) is 5.13. The predicted molar refractivity (Wildman–Crippen MR) is 70.2 cm³/mol. The van der Waals surface area contributed by atoms with E-state index in [9.17, 15) is 4.79 Å². The third kappa shape index (κ3) is 2.53. The normalized spacial score (nSPS) is 24.6. The minimum Gasteiger partial charge on any atom is -0.444 e. The molecule has 0 aromatic carbocycles. The molecule has 0 bridgehead atoms. The van der Waals surface area contributed by atoms with Gasteiger partial charge >= 0.3 is 6.09 Å². The summed E-state index contributed by atoms with van der Waals surface area (Å²) in [5.74, 6) is 1.04. The van der Waals surface area contributed by atoms with Gasteiger partial charge in [-0.2, -0.15) is 0 Å². The maximum atomic E-state index is 11.7. The molecule has 0 unspecified atom stereocenters. The Hall–Kier alpha value is -1.69. The van der Waals surface area contributed by atoms with E-state index in [1.54, 1.807) is 11.1 Å². The summed E-state index contributed by atoms with van der Waals surface area (Å²) in [6, 6.07) is 0. The predicted octanol–water partition coefficient (Wildman–Crippen LogP) is 1.29. The molecule has 2 saturated heterocycles. The maximum absolute atomic E-state index is 11.7. The van der Waals surface area contributed by atoms with Crippen molar-refractivity contribution in [1.82, 2.24) is 15.3 Å². The van der Waals surface area contributed by atoms with Crippen molar-refractivity contribution in [2.75, 3.05) is 24.5 Å². The molecule has 19 heavy (non-hydrogen) atoms. The van der Waals surface area contributed by atoms with Gasteiger partial charge in [-0.3, -0.25) is 9.88 Å². The van der Waals surface area contributed by atoms with Crippen LogP contribution in [-0.2, 0) is 4.74 Å². The van der Waals surface area contributed by atoms with Crippen LogP contribution in [0.15, 0.2) is 12.4 Å². The number of hydrogen-bond donors (Lipinski definition) is 1. The van der Waals surface area contributed by atoms with E-state index in [4.69, 9.17) is 4.74 Å².